The number of nitrogens with zero attached hydrogens (tertiary/aromatic N) is 1. The maximum absolute atomic E-state index is 12.8. The van der Waals surface area contributed by atoms with Crippen LogP contribution >= 0.6 is 19.6 Å². The molecule has 0 radical (unpaired) electrons. The van der Waals surface area contributed by atoms with Crippen LogP contribution in [0.25, 0.3) is 0 Å². The number of allylic oxidation sites excluding steroid dienone is 2. The molecule has 0 aliphatic rings. The van der Waals surface area contributed by atoms with Gasteiger partial charge in [-0.1, -0.05) is 174 Å². The Morgan fingerprint density at radius 1 is 0.642 bits per heavy atom. The molecule has 0 aliphatic heterocycles. The Labute approximate surface area is 334 Å². The van der Waals surface area contributed by atoms with Crippen LogP contribution in [0.2, 0.25) is 0 Å². The Balaban J connectivity index is 4.20. The average Bonchev–Trinajstić information content (AvgIpc) is 3.11. The van der Waals surface area contributed by atoms with Crippen LogP contribution in [-0.4, -0.2) is 68.8 Å². The predicted octanol–water partition coefficient (Wildman–Crippen LogP) is 12.7. The Morgan fingerprint density at radius 2 is 1.06 bits per heavy atom. The molecule has 1 unspecified atom stereocenters. The molecule has 0 saturated heterocycles. The van der Waals surface area contributed by atoms with Gasteiger partial charge in [-0.15, -0.1) is 0 Å². The van der Waals surface area contributed by atoms with Gasteiger partial charge in [-0.25, -0.2) is 0 Å². The maximum Gasteiger partial charge on any atom is 0.268 e. The lowest BCUT2D eigenvalue weighted by atomic mass is 10.0. The van der Waals surface area contributed by atoms with Gasteiger partial charge in [0.15, 0.2) is 0 Å². The number of amides is 1. The number of quaternary nitrogens is 1. The molecule has 7 nitrogen and oxygen atoms in total. The standard InChI is InChI=1S/C44H89N2O5PS/c1-6-8-10-12-14-16-18-20-22-23-24-25-27-29-31-33-35-37-44(47)45-43(41-51-52(48,49)50-39-38-46(3,4)5)42-53-40-36-34-32-30-28-26-21-19-17-15-13-11-9-7-2/h20,22,43H,6-19,21,23-42H2,1-5H3,(H-,45,47,48,49)/b22-20-/t43-/m0/s1. The molecule has 0 aromatic carbocycles. The quantitative estimate of drug-likeness (QED) is 0.0287. The van der Waals surface area contributed by atoms with Gasteiger partial charge in [0.25, 0.3) is 7.82 Å². The van der Waals surface area contributed by atoms with Crippen molar-refractivity contribution < 1.29 is 27.8 Å². The van der Waals surface area contributed by atoms with Gasteiger partial charge in [0, 0.05) is 12.2 Å². The highest BCUT2D eigenvalue weighted by Gasteiger charge is 2.18. The van der Waals surface area contributed by atoms with Crippen LogP contribution in [0.3, 0.4) is 0 Å². The first-order valence-corrected chi connectivity index (χ1v) is 25.1. The van der Waals surface area contributed by atoms with Crippen molar-refractivity contribution in [1.29, 1.82) is 0 Å². The molecular weight excluding hydrogens is 700 g/mol. The molecule has 2 atom stereocenters. The predicted molar refractivity (Wildman–Crippen MR) is 231 cm³/mol. The fourth-order valence-corrected chi connectivity index (χ4v) is 8.19. The van der Waals surface area contributed by atoms with Crippen molar-refractivity contribution >= 4 is 25.5 Å². The summed E-state index contributed by atoms with van der Waals surface area (Å²) >= 11 is 1.78. The lowest BCUT2D eigenvalue weighted by Crippen LogP contribution is -2.40. The smallest absolute Gasteiger partial charge is 0.268 e. The third-order valence-corrected chi connectivity index (χ3v) is 12.1. The molecule has 0 rings (SSSR count). The minimum absolute atomic E-state index is 0.0184. The van der Waals surface area contributed by atoms with Gasteiger partial charge in [-0.3, -0.25) is 9.36 Å². The molecule has 0 bridgehead atoms. The average molecular weight is 789 g/mol. The topological polar surface area (TPSA) is 87.7 Å². The first-order valence-electron chi connectivity index (χ1n) is 22.5. The largest absolute Gasteiger partial charge is 0.756 e. The minimum atomic E-state index is -4.43. The fraction of sp³-hybridized carbons (Fsp3) is 0.932. The summed E-state index contributed by atoms with van der Waals surface area (Å²) < 4.78 is 23.4. The number of nitrogens with one attached hydrogen (secondary N) is 1. The van der Waals surface area contributed by atoms with Crippen LogP contribution in [0, 0.1) is 0 Å². The number of carbonyl (C=O) groups excluding carboxylic acids is 1. The molecule has 9 heteroatoms. The summed E-state index contributed by atoms with van der Waals surface area (Å²) in [6.07, 6.45) is 42.8. The van der Waals surface area contributed by atoms with Crippen LogP contribution < -0.4 is 10.2 Å². The molecule has 0 heterocycles. The lowest BCUT2D eigenvalue weighted by Gasteiger charge is -2.28. The highest BCUT2D eigenvalue weighted by molar-refractivity contribution is 7.99. The van der Waals surface area contributed by atoms with Gasteiger partial charge >= 0.3 is 0 Å². The van der Waals surface area contributed by atoms with Crippen LogP contribution in [-0.2, 0) is 18.4 Å². The number of unbranched alkanes of at least 4 members (excludes halogenated alkanes) is 26. The molecule has 316 valence electrons. The number of hydrogen-bond donors (Lipinski definition) is 1. The van der Waals surface area contributed by atoms with Gasteiger partial charge in [0.2, 0.25) is 5.91 Å². The molecule has 0 saturated carbocycles. The van der Waals surface area contributed by atoms with E-state index in [2.05, 4.69) is 31.3 Å². The lowest BCUT2D eigenvalue weighted by molar-refractivity contribution is -0.870. The monoisotopic (exact) mass is 789 g/mol. The molecule has 0 spiro atoms. The third-order valence-electron chi connectivity index (χ3n) is 9.94. The molecule has 0 aromatic rings. The highest BCUT2D eigenvalue weighted by Crippen LogP contribution is 2.38. The summed E-state index contributed by atoms with van der Waals surface area (Å²) in [6, 6.07) is -0.358. The number of thioether (sulfide) groups is 1. The third kappa shape index (κ3) is 42.6. The van der Waals surface area contributed by atoms with E-state index in [4.69, 9.17) is 9.05 Å². The molecule has 1 N–H and O–H groups in total. The van der Waals surface area contributed by atoms with Crippen molar-refractivity contribution in [3.8, 4) is 0 Å². The van der Waals surface area contributed by atoms with E-state index in [1.165, 1.54) is 161 Å². The summed E-state index contributed by atoms with van der Waals surface area (Å²) in [5.41, 5.74) is 0. The zero-order valence-electron chi connectivity index (χ0n) is 35.8. The highest BCUT2D eigenvalue weighted by atomic mass is 32.2. The van der Waals surface area contributed by atoms with E-state index in [1.54, 1.807) is 11.8 Å². The first kappa shape index (κ1) is 52.6. The van der Waals surface area contributed by atoms with Gasteiger partial charge < -0.3 is 23.7 Å². The van der Waals surface area contributed by atoms with Gasteiger partial charge in [0.05, 0.1) is 33.8 Å². The summed E-state index contributed by atoms with van der Waals surface area (Å²) in [7, 11) is 1.52. The van der Waals surface area contributed by atoms with Crippen LogP contribution in [0.5, 0.6) is 0 Å². The van der Waals surface area contributed by atoms with E-state index in [-0.39, 0.29) is 25.2 Å². The molecule has 1 amide bonds. The number of likely N-dealkylation sites (N-methyl/N-ethyl adjacent to an activating group) is 1. The molecule has 0 aromatic heterocycles. The zero-order valence-corrected chi connectivity index (χ0v) is 37.5. The number of carbonyl (C=O) groups is 1. The van der Waals surface area contributed by atoms with Crippen LogP contribution in [0.4, 0.5) is 0 Å². The van der Waals surface area contributed by atoms with Crippen molar-refractivity contribution in [2.75, 3.05) is 52.4 Å². The summed E-state index contributed by atoms with van der Waals surface area (Å²) in [4.78, 5) is 25.3. The van der Waals surface area contributed by atoms with Crippen molar-refractivity contribution in [2.24, 2.45) is 0 Å². The van der Waals surface area contributed by atoms with Crippen molar-refractivity contribution in [3.05, 3.63) is 12.2 Å². The zero-order chi connectivity index (χ0) is 39.1. The van der Waals surface area contributed by atoms with Crippen molar-refractivity contribution in [2.45, 2.75) is 213 Å². The molecular formula is C44H89N2O5PS. The fourth-order valence-electron chi connectivity index (χ4n) is 6.41. The second-order valence-corrected chi connectivity index (χ2v) is 19.1. The maximum atomic E-state index is 12.8. The minimum Gasteiger partial charge on any atom is -0.756 e. The van der Waals surface area contributed by atoms with E-state index in [0.29, 0.717) is 23.2 Å². The number of phosphoric acid groups is 1. The van der Waals surface area contributed by atoms with E-state index < -0.39 is 7.82 Å². The Bertz CT molecular complexity index is 869. The summed E-state index contributed by atoms with van der Waals surface area (Å²) in [5.74, 6) is 1.63. The number of rotatable bonds is 42. The summed E-state index contributed by atoms with van der Waals surface area (Å²) in [6.45, 7) is 5.09. The van der Waals surface area contributed by atoms with E-state index >= 15 is 0 Å². The number of phosphoric ester groups is 1. The SMILES string of the molecule is CCCCCCCC/C=C\CCCCCCCCCC(=O)N[C@@H](COP(=O)([O-])OCC[N+](C)(C)C)CSCCCCCCCCCCCCCCCC. The van der Waals surface area contributed by atoms with Gasteiger partial charge in [-0.2, -0.15) is 11.8 Å². The van der Waals surface area contributed by atoms with Crippen molar-refractivity contribution in [3.63, 3.8) is 0 Å². The Hall–Kier alpha value is -0.370. The van der Waals surface area contributed by atoms with E-state index in [0.717, 1.165) is 31.4 Å². The van der Waals surface area contributed by atoms with Gasteiger partial charge in [0.1, 0.15) is 13.2 Å². The van der Waals surface area contributed by atoms with Crippen LogP contribution in [0.15, 0.2) is 12.2 Å². The first-order chi connectivity index (χ1) is 25.6. The molecule has 53 heavy (non-hydrogen) atoms. The van der Waals surface area contributed by atoms with E-state index in [9.17, 15) is 14.3 Å². The second kappa shape index (κ2) is 38.5. The second-order valence-electron chi connectivity index (χ2n) is 16.6. The normalized spacial score (nSPS) is 13.8. The molecule has 0 fully saturated rings. The number of hydrogen-bond acceptors (Lipinski definition) is 6. The van der Waals surface area contributed by atoms with Crippen molar-refractivity contribution in [1.82, 2.24) is 5.32 Å². The Morgan fingerprint density at radius 3 is 1.51 bits per heavy atom. The van der Waals surface area contributed by atoms with Crippen LogP contribution in [0.1, 0.15) is 206 Å². The van der Waals surface area contributed by atoms with Gasteiger partial charge in [-0.05, 0) is 44.3 Å². The van der Waals surface area contributed by atoms with E-state index in [1.807, 2.05) is 21.1 Å². The summed E-state index contributed by atoms with van der Waals surface area (Å²) in [5, 5.41) is 3.07. The Kier molecular flexibility index (Phi) is 38.2. The molecule has 0 aliphatic carbocycles.